The van der Waals surface area contributed by atoms with Crippen LogP contribution in [0.5, 0.6) is 0 Å². The summed E-state index contributed by atoms with van der Waals surface area (Å²) in [5.41, 5.74) is 1.28. The summed E-state index contributed by atoms with van der Waals surface area (Å²) in [5, 5.41) is 4.13. The molecule has 0 fully saturated rings. The van der Waals surface area contributed by atoms with Crippen molar-refractivity contribution in [2.75, 3.05) is 0 Å². The maximum Gasteiger partial charge on any atom is 0.120 e. The van der Waals surface area contributed by atoms with Crippen molar-refractivity contribution < 1.29 is 4.79 Å². The Labute approximate surface area is 64.7 Å². The molecule has 0 bridgehead atoms. The van der Waals surface area contributed by atoms with Crippen LogP contribution in [-0.4, -0.2) is 6.29 Å². The summed E-state index contributed by atoms with van der Waals surface area (Å²) in [4.78, 5) is 10.1. The van der Waals surface area contributed by atoms with E-state index in [9.17, 15) is 4.79 Å². The van der Waals surface area contributed by atoms with Gasteiger partial charge in [-0.2, -0.15) is 11.3 Å². The van der Waals surface area contributed by atoms with Gasteiger partial charge in [-0.05, 0) is 28.3 Å². The molecule has 0 spiro atoms. The van der Waals surface area contributed by atoms with Gasteiger partial charge in [-0.25, -0.2) is 0 Å². The molecule has 1 heterocycles. The predicted molar refractivity (Wildman–Crippen MR) is 43.4 cm³/mol. The molecular formula is C8H10OS. The van der Waals surface area contributed by atoms with Crippen molar-refractivity contribution >= 4 is 17.6 Å². The summed E-state index contributed by atoms with van der Waals surface area (Å²) in [6.07, 6.45) is 1.61. The van der Waals surface area contributed by atoms with Crippen molar-refractivity contribution in [2.24, 2.45) is 0 Å². The monoisotopic (exact) mass is 154 g/mol. The van der Waals surface area contributed by atoms with E-state index in [2.05, 4.69) is 18.4 Å². The van der Waals surface area contributed by atoms with Crippen LogP contribution in [0.2, 0.25) is 0 Å². The molecule has 10 heavy (non-hydrogen) atoms. The van der Waals surface area contributed by atoms with E-state index in [4.69, 9.17) is 0 Å². The molecule has 0 aliphatic carbocycles. The summed E-state index contributed by atoms with van der Waals surface area (Å²) in [6, 6.07) is 2.07. The summed E-state index contributed by atoms with van der Waals surface area (Å²) in [5.74, 6) is 0.392. The fraction of sp³-hybridized carbons (Fsp3) is 0.375. The first kappa shape index (κ1) is 7.48. The molecular weight excluding hydrogens is 144 g/mol. The van der Waals surface area contributed by atoms with Gasteiger partial charge in [-0.1, -0.05) is 6.92 Å². The van der Waals surface area contributed by atoms with Crippen molar-refractivity contribution in [2.45, 2.75) is 19.3 Å². The molecule has 0 saturated carbocycles. The van der Waals surface area contributed by atoms with Crippen LogP contribution >= 0.6 is 11.3 Å². The zero-order chi connectivity index (χ0) is 7.40. The topological polar surface area (TPSA) is 17.1 Å². The lowest BCUT2D eigenvalue weighted by atomic mass is 10.0. The smallest absolute Gasteiger partial charge is 0.120 e. The van der Waals surface area contributed by atoms with Gasteiger partial charge in [0.1, 0.15) is 6.29 Å². The normalized spacial score (nSPS) is 12.9. The minimum atomic E-state index is 0.392. The lowest BCUT2D eigenvalue weighted by Crippen LogP contribution is -1.90. The number of hydrogen-bond acceptors (Lipinski definition) is 2. The maximum absolute atomic E-state index is 10.1. The highest BCUT2D eigenvalue weighted by Crippen LogP contribution is 2.19. The van der Waals surface area contributed by atoms with E-state index in [1.165, 1.54) is 5.56 Å². The second-order valence-electron chi connectivity index (χ2n) is 2.36. The lowest BCUT2D eigenvalue weighted by molar-refractivity contribution is -0.108. The van der Waals surface area contributed by atoms with Crippen molar-refractivity contribution in [1.82, 2.24) is 0 Å². The number of aldehydes is 1. The SMILES string of the molecule is C[C@@H](CC=O)c1ccsc1. The Morgan fingerprint density at radius 3 is 3.10 bits per heavy atom. The molecule has 54 valence electrons. The molecule has 0 saturated heterocycles. The van der Waals surface area contributed by atoms with Crippen LogP contribution in [0.3, 0.4) is 0 Å². The Kier molecular flexibility index (Phi) is 2.63. The highest BCUT2D eigenvalue weighted by Gasteiger charge is 2.03. The predicted octanol–water partition coefficient (Wildman–Crippen LogP) is 2.44. The molecule has 0 aliphatic heterocycles. The van der Waals surface area contributed by atoms with Crippen LogP contribution < -0.4 is 0 Å². The molecule has 0 unspecified atom stereocenters. The molecule has 1 atom stereocenters. The largest absolute Gasteiger partial charge is 0.303 e. The Bertz CT molecular complexity index is 191. The first-order chi connectivity index (χ1) is 4.84. The number of thiophene rings is 1. The summed E-state index contributed by atoms with van der Waals surface area (Å²) < 4.78 is 0. The van der Waals surface area contributed by atoms with Crippen LogP contribution in [0.25, 0.3) is 0 Å². The van der Waals surface area contributed by atoms with Crippen molar-refractivity contribution in [1.29, 1.82) is 0 Å². The van der Waals surface area contributed by atoms with E-state index in [1.807, 2.05) is 5.38 Å². The molecule has 0 radical (unpaired) electrons. The van der Waals surface area contributed by atoms with Gasteiger partial charge in [-0.15, -0.1) is 0 Å². The molecule has 0 aromatic carbocycles. The second-order valence-corrected chi connectivity index (χ2v) is 3.14. The molecule has 1 aromatic heterocycles. The Balaban J connectivity index is 2.58. The third-order valence-electron chi connectivity index (χ3n) is 1.56. The van der Waals surface area contributed by atoms with Gasteiger partial charge in [0.05, 0.1) is 0 Å². The van der Waals surface area contributed by atoms with Crippen LogP contribution in [0.1, 0.15) is 24.8 Å². The maximum atomic E-state index is 10.1. The van der Waals surface area contributed by atoms with E-state index < -0.39 is 0 Å². The van der Waals surface area contributed by atoms with Gasteiger partial charge in [-0.3, -0.25) is 0 Å². The van der Waals surface area contributed by atoms with E-state index in [-0.39, 0.29) is 0 Å². The minimum Gasteiger partial charge on any atom is -0.303 e. The molecule has 1 nitrogen and oxygen atoms in total. The van der Waals surface area contributed by atoms with E-state index >= 15 is 0 Å². The summed E-state index contributed by atoms with van der Waals surface area (Å²) in [7, 11) is 0. The molecule has 0 N–H and O–H groups in total. The minimum absolute atomic E-state index is 0.392. The number of carbonyl (C=O) groups excluding carboxylic acids is 1. The van der Waals surface area contributed by atoms with E-state index in [1.54, 1.807) is 11.3 Å². The average molecular weight is 154 g/mol. The summed E-state index contributed by atoms with van der Waals surface area (Å²) in [6.45, 7) is 2.07. The summed E-state index contributed by atoms with van der Waals surface area (Å²) >= 11 is 1.68. The fourth-order valence-electron chi connectivity index (χ4n) is 0.836. The van der Waals surface area contributed by atoms with Crippen LogP contribution in [0.15, 0.2) is 16.8 Å². The number of carbonyl (C=O) groups is 1. The van der Waals surface area contributed by atoms with Gasteiger partial charge >= 0.3 is 0 Å². The molecule has 0 aliphatic rings. The zero-order valence-corrected chi connectivity index (χ0v) is 6.73. The van der Waals surface area contributed by atoms with Crippen LogP contribution in [0, 0.1) is 0 Å². The van der Waals surface area contributed by atoms with Gasteiger partial charge in [0, 0.05) is 6.42 Å². The first-order valence-electron chi connectivity index (χ1n) is 3.30. The highest BCUT2D eigenvalue weighted by molar-refractivity contribution is 7.07. The third-order valence-corrected chi connectivity index (χ3v) is 2.26. The van der Waals surface area contributed by atoms with Gasteiger partial charge < -0.3 is 4.79 Å². The van der Waals surface area contributed by atoms with E-state index in [0.29, 0.717) is 12.3 Å². The van der Waals surface area contributed by atoms with Crippen molar-refractivity contribution in [3.05, 3.63) is 22.4 Å². The van der Waals surface area contributed by atoms with E-state index in [0.717, 1.165) is 6.29 Å². The lowest BCUT2D eigenvalue weighted by Gasteiger charge is -2.02. The zero-order valence-electron chi connectivity index (χ0n) is 5.91. The Morgan fingerprint density at radius 2 is 2.60 bits per heavy atom. The van der Waals surface area contributed by atoms with Crippen molar-refractivity contribution in [3.8, 4) is 0 Å². The number of hydrogen-bond donors (Lipinski definition) is 0. The molecule has 1 rings (SSSR count). The fourth-order valence-corrected chi connectivity index (χ4v) is 1.62. The van der Waals surface area contributed by atoms with Crippen LogP contribution in [0.4, 0.5) is 0 Å². The third kappa shape index (κ3) is 1.67. The number of rotatable bonds is 3. The second kappa shape index (κ2) is 3.52. The highest BCUT2D eigenvalue weighted by atomic mass is 32.1. The van der Waals surface area contributed by atoms with Gasteiger partial charge in [0.25, 0.3) is 0 Å². The standard InChI is InChI=1S/C8H10OS/c1-7(2-4-9)8-3-5-10-6-8/h3-7H,2H2,1H3/t7-/m0/s1. The van der Waals surface area contributed by atoms with Gasteiger partial charge in [0.15, 0.2) is 0 Å². The average Bonchev–Trinajstić information content (AvgIpc) is 2.38. The van der Waals surface area contributed by atoms with Crippen molar-refractivity contribution in [3.63, 3.8) is 0 Å². The Hall–Kier alpha value is -0.630. The Morgan fingerprint density at radius 1 is 1.80 bits per heavy atom. The van der Waals surface area contributed by atoms with Crippen LogP contribution in [-0.2, 0) is 4.79 Å². The quantitative estimate of drug-likeness (QED) is 0.611. The molecule has 0 amide bonds. The first-order valence-corrected chi connectivity index (χ1v) is 4.24. The van der Waals surface area contributed by atoms with Gasteiger partial charge in [0.2, 0.25) is 0 Å². The molecule has 1 aromatic rings. The molecule has 2 heteroatoms.